The van der Waals surface area contributed by atoms with Crippen molar-refractivity contribution in [3.63, 3.8) is 0 Å². The molecule has 0 spiro atoms. The van der Waals surface area contributed by atoms with Gasteiger partial charge in [-0.05, 0) is 80.3 Å². The summed E-state index contributed by atoms with van der Waals surface area (Å²) in [6.07, 6.45) is 0. The van der Waals surface area contributed by atoms with E-state index in [4.69, 9.17) is 4.74 Å². The number of hydrogen-bond donors (Lipinski definition) is 0. The van der Waals surface area contributed by atoms with E-state index in [0.717, 1.165) is 39.1 Å². The Hall–Kier alpha value is -3.16. The Balaban J connectivity index is 1.64. The number of anilines is 1. The van der Waals surface area contributed by atoms with Crippen LogP contribution in [0.1, 0.15) is 40.3 Å². The topological polar surface area (TPSA) is 66.9 Å². The van der Waals surface area contributed by atoms with Gasteiger partial charge in [0.05, 0.1) is 11.4 Å². The molecule has 184 valence electrons. The van der Waals surface area contributed by atoms with Crippen molar-refractivity contribution in [3.05, 3.63) is 88.0 Å². The summed E-state index contributed by atoms with van der Waals surface area (Å²) >= 11 is 0. The average Bonchev–Trinajstić information content (AvgIpc) is 3.03. The molecule has 0 radical (unpaired) electrons. The summed E-state index contributed by atoms with van der Waals surface area (Å²) in [6.45, 7) is 10.4. The van der Waals surface area contributed by atoms with E-state index in [9.17, 15) is 13.2 Å². The van der Waals surface area contributed by atoms with Gasteiger partial charge in [-0.25, -0.2) is 8.42 Å². The van der Waals surface area contributed by atoms with Gasteiger partial charge < -0.3 is 9.64 Å². The summed E-state index contributed by atoms with van der Waals surface area (Å²) in [5.74, 6) is 0.613. The first-order valence-corrected chi connectivity index (χ1v) is 13.2. The molecule has 3 aromatic carbocycles. The van der Waals surface area contributed by atoms with Crippen molar-refractivity contribution < 1.29 is 17.9 Å². The summed E-state index contributed by atoms with van der Waals surface area (Å²) < 4.78 is 34.6. The number of hydrogen-bond acceptors (Lipinski definition) is 4. The second-order valence-electron chi connectivity index (χ2n) is 9.27. The zero-order valence-electron chi connectivity index (χ0n) is 21.0. The standard InChI is InChI=1S/C28H32N2O4S/c1-19-6-9-26(10-7-19)30(23(5)31)17-24-8-11-27-25(16-24)18-29(12-13-34-27)35(32,33)28-15-21(3)20(2)14-22(28)4/h6-11,14-16H,12-13,17-18H2,1-5H3. The lowest BCUT2D eigenvalue weighted by molar-refractivity contribution is -0.116. The minimum absolute atomic E-state index is 0.0607. The third kappa shape index (κ3) is 5.26. The average molecular weight is 493 g/mol. The number of carbonyl (C=O) groups is 1. The number of amides is 1. The van der Waals surface area contributed by atoms with Crippen molar-refractivity contribution in [2.45, 2.75) is 52.6 Å². The Morgan fingerprint density at radius 3 is 2.31 bits per heavy atom. The molecule has 3 aromatic rings. The lowest BCUT2D eigenvalue weighted by Gasteiger charge is -2.23. The highest BCUT2D eigenvalue weighted by Gasteiger charge is 2.29. The van der Waals surface area contributed by atoms with Crippen LogP contribution in [0.3, 0.4) is 0 Å². The molecule has 35 heavy (non-hydrogen) atoms. The van der Waals surface area contributed by atoms with Crippen LogP contribution in [0, 0.1) is 27.7 Å². The molecule has 0 atom stereocenters. The van der Waals surface area contributed by atoms with E-state index < -0.39 is 10.0 Å². The van der Waals surface area contributed by atoms with E-state index in [0.29, 0.717) is 17.2 Å². The summed E-state index contributed by atoms with van der Waals surface area (Å²) in [6, 6.07) is 17.3. The molecule has 0 unspecified atom stereocenters. The van der Waals surface area contributed by atoms with Crippen LogP contribution in [0.15, 0.2) is 59.5 Å². The molecule has 1 aliphatic rings. The van der Waals surface area contributed by atoms with Gasteiger partial charge >= 0.3 is 0 Å². The molecule has 0 fully saturated rings. The number of carbonyl (C=O) groups excluding carboxylic acids is 1. The first kappa shape index (κ1) is 24.9. The van der Waals surface area contributed by atoms with Crippen LogP contribution < -0.4 is 9.64 Å². The van der Waals surface area contributed by atoms with E-state index in [1.54, 1.807) is 17.9 Å². The lowest BCUT2D eigenvalue weighted by atomic mass is 10.1. The zero-order chi connectivity index (χ0) is 25.3. The first-order chi connectivity index (χ1) is 16.6. The number of rotatable bonds is 5. The van der Waals surface area contributed by atoms with Gasteiger partial charge in [-0.2, -0.15) is 4.31 Å². The molecule has 0 N–H and O–H groups in total. The highest BCUT2D eigenvalue weighted by Crippen LogP contribution is 2.30. The van der Waals surface area contributed by atoms with E-state index in [1.165, 1.54) is 4.31 Å². The van der Waals surface area contributed by atoms with Crippen LogP contribution in [0.25, 0.3) is 0 Å². The number of benzene rings is 3. The molecule has 0 aromatic heterocycles. The monoisotopic (exact) mass is 492 g/mol. The molecule has 4 rings (SSSR count). The van der Waals surface area contributed by atoms with Gasteiger partial charge in [-0.1, -0.05) is 29.8 Å². The molecule has 0 aliphatic carbocycles. The highest BCUT2D eigenvalue weighted by atomic mass is 32.2. The quantitative estimate of drug-likeness (QED) is 0.500. The number of aryl methyl sites for hydroxylation is 4. The minimum Gasteiger partial charge on any atom is -0.492 e. The molecular formula is C28H32N2O4S. The SMILES string of the molecule is CC(=O)N(Cc1ccc2c(c1)CN(S(=O)(=O)c1cc(C)c(C)cc1C)CCO2)c1ccc(C)cc1. The first-order valence-electron chi connectivity index (χ1n) is 11.7. The lowest BCUT2D eigenvalue weighted by Crippen LogP contribution is -2.33. The van der Waals surface area contributed by atoms with E-state index in [-0.39, 0.29) is 25.6 Å². The van der Waals surface area contributed by atoms with E-state index in [1.807, 2.05) is 76.2 Å². The fourth-order valence-electron chi connectivity index (χ4n) is 4.37. The molecule has 1 heterocycles. The summed E-state index contributed by atoms with van der Waals surface area (Å²) in [7, 11) is -3.71. The van der Waals surface area contributed by atoms with Crippen LogP contribution >= 0.6 is 0 Å². The maximum atomic E-state index is 13.6. The largest absolute Gasteiger partial charge is 0.492 e. The summed E-state index contributed by atoms with van der Waals surface area (Å²) in [5.41, 5.74) is 6.40. The van der Waals surface area contributed by atoms with Gasteiger partial charge in [0.15, 0.2) is 0 Å². The van der Waals surface area contributed by atoms with Crippen molar-refractivity contribution in [2.75, 3.05) is 18.1 Å². The number of nitrogens with zero attached hydrogens (tertiary/aromatic N) is 2. The fraction of sp³-hybridized carbons (Fsp3) is 0.321. The second-order valence-corrected chi connectivity index (χ2v) is 11.2. The fourth-order valence-corrected chi connectivity index (χ4v) is 6.06. The molecule has 1 aliphatic heterocycles. The van der Waals surface area contributed by atoms with E-state index in [2.05, 4.69) is 0 Å². The third-order valence-corrected chi connectivity index (χ3v) is 8.53. The van der Waals surface area contributed by atoms with Gasteiger partial charge in [0.25, 0.3) is 0 Å². The Bertz CT molecular complexity index is 1360. The molecular weight excluding hydrogens is 460 g/mol. The maximum absolute atomic E-state index is 13.6. The minimum atomic E-state index is -3.71. The van der Waals surface area contributed by atoms with Crippen LogP contribution in [0.4, 0.5) is 5.69 Å². The molecule has 1 amide bonds. The highest BCUT2D eigenvalue weighted by molar-refractivity contribution is 7.89. The van der Waals surface area contributed by atoms with Gasteiger partial charge in [0, 0.05) is 31.3 Å². The van der Waals surface area contributed by atoms with Crippen molar-refractivity contribution in [1.82, 2.24) is 4.31 Å². The van der Waals surface area contributed by atoms with Crippen LogP contribution in [0.5, 0.6) is 5.75 Å². The third-order valence-electron chi connectivity index (χ3n) is 6.55. The maximum Gasteiger partial charge on any atom is 0.243 e. The number of sulfonamides is 1. The number of fused-ring (bicyclic) bond motifs is 1. The van der Waals surface area contributed by atoms with Crippen molar-refractivity contribution in [1.29, 1.82) is 0 Å². The van der Waals surface area contributed by atoms with Crippen LogP contribution in [0.2, 0.25) is 0 Å². The van der Waals surface area contributed by atoms with Gasteiger partial charge in [0.1, 0.15) is 12.4 Å². The molecule has 0 bridgehead atoms. The molecule has 7 heteroatoms. The Kier molecular flexibility index (Phi) is 7.01. The zero-order valence-corrected chi connectivity index (χ0v) is 21.8. The predicted octanol–water partition coefficient (Wildman–Crippen LogP) is 5.06. The van der Waals surface area contributed by atoms with Crippen LogP contribution in [-0.2, 0) is 27.9 Å². The summed E-state index contributed by atoms with van der Waals surface area (Å²) in [4.78, 5) is 14.5. The number of ether oxygens (including phenoxy) is 1. The molecule has 6 nitrogen and oxygen atoms in total. The Morgan fingerprint density at radius 1 is 0.943 bits per heavy atom. The van der Waals surface area contributed by atoms with Crippen molar-refractivity contribution >= 4 is 21.6 Å². The van der Waals surface area contributed by atoms with E-state index >= 15 is 0 Å². The normalized spacial score (nSPS) is 14.1. The molecule has 0 saturated heterocycles. The van der Waals surface area contributed by atoms with Crippen molar-refractivity contribution in [2.24, 2.45) is 0 Å². The predicted molar refractivity (Wildman–Crippen MR) is 138 cm³/mol. The summed E-state index contributed by atoms with van der Waals surface area (Å²) in [5, 5.41) is 0. The Morgan fingerprint density at radius 2 is 1.63 bits per heavy atom. The van der Waals surface area contributed by atoms with Gasteiger partial charge in [0.2, 0.25) is 15.9 Å². The van der Waals surface area contributed by atoms with Gasteiger partial charge in [-0.3, -0.25) is 4.79 Å². The second kappa shape index (κ2) is 9.84. The Labute approximate surface area is 208 Å². The van der Waals surface area contributed by atoms with Gasteiger partial charge in [-0.15, -0.1) is 0 Å². The van der Waals surface area contributed by atoms with Crippen LogP contribution in [-0.4, -0.2) is 31.8 Å². The molecule has 0 saturated carbocycles. The smallest absolute Gasteiger partial charge is 0.243 e. The van der Waals surface area contributed by atoms with Crippen molar-refractivity contribution in [3.8, 4) is 5.75 Å².